The van der Waals surface area contributed by atoms with E-state index >= 15 is 0 Å². The number of hydrogen-bond donors (Lipinski definition) is 2. The summed E-state index contributed by atoms with van der Waals surface area (Å²) in [7, 11) is 0. The SMILES string of the molecule is CC(C)N1CCC=C(c2cc3c(Nc4ccc5scnc5c4)ccnc3s2)C1C.CC(C)N1CCCC(c2cc3c(Nc4ccc5scnc5c4)ccnc3s2)C1C. The summed E-state index contributed by atoms with van der Waals surface area (Å²) in [5, 5.41) is 9.59. The standard InChI is InChI=1S/C23H26N4S2.C23H24N4S2/c2*1-14(2)27-10-4-5-17(15(27)3)22-12-18-19(8-9-24-23(18)29-22)26-16-6-7-21-20(11-16)25-13-28-21/h6-9,11-15,17H,4-5,10H2,1-3H3,(H,24,26);5-9,11-15H,4,10H2,1-3H3,(H,24,26). The van der Waals surface area contributed by atoms with Crippen molar-refractivity contribution in [2.24, 2.45) is 0 Å². The lowest BCUT2D eigenvalue weighted by molar-refractivity contribution is 0.106. The first-order valence-electron chi connectivity index (χ1n) is 20.4. The van der Waals surface area contributed by atoms with E-state index in [2.05, 4.69) is 149 Å². The molecule has 2 aliphatic heterocycles. The molecule has 6 aromatic heterocycles. The highest BCUT2D eigenvalue weighted by Gasteiger charge is 2.32. The van der Waals surface area contributed by atoms with Crippen molar-refractivity contribution < 1.29 is 0 Å². The van der Waals surface area contributed by atoms with Crippen LogP contribution in [0.1, 0.15) is 76.5 Å². The number of aromatic nitrogens is 4. The number of nitrogens with zero attached hydrogens (tertiary/aromatic N) is 6. The number of fused-ring (bicyclic) bond motifs is 4. The number of thiazole rings is 2. The largest absolute Gasteiger partial charge is 0.355 e. The van der Waals surface area contributed by atoms with Gasteiger partial charge in [-0.3, -0.25) is 9.80 Å². The van der Waals surface area contributed by atoms with Gasteiger partial charge < -0.3 is 10.6 Å². The van der Waals surface area contributed by atoms with Gasteiger partial charge in [0.25, 0.3) is 0 Å². The summed E-state index contributed by atoms with van der Waals surface area (Å²) in [6.07, 6.45) is 9.87. The molecular formula is C46H50N8S4. The Hall–Kier alpha value is -4.30. The second-order valence-corrected chi connectivity index (χ2v) is 19.9. The van der Waals surface area contributed by atoms with Crippen LogP contribution < -0.4 is 10.6 Å². The van der Waals surface area contributed by atoms with Crippen LogP contribution in [-0.2, 0) is 0 Å². The van der Waals surface area contributed by atoms with Crippen molar-refractivity contribution in [2.45, 2.75) is 90.9 Å². The summed E-state index contributed by atoms with van der Waals surface area (Å²) in [5.41, 5.74) is 11.6. The average molecular weight is 843 g/mol. The van der Waals surface area contributed by atoms with E-state index in [1.807, 2.05) is 34.8 Å². The highest BCUT2D eigenvalue weighted by Crippen LogP contribution is 2.42. The number of thiophene rings is 2. The first-order valence-corrected chi connectivity index (χ1v) is 23.8. The Morgan fingerprint density at radius 3 is 1.90 bits per heavy atom. The van der Waals surface area contributed by atoms with Gasteiger partial charge in [-0.25, -0.2) is 19.9 Å². The molecule has 2 aromatic carbocycles. The second kappa shape index (κ2) is 16.8. The maximum absolute atomic E-state index is 4.67. The van der Waals surface area contributed by atoms with Gasteiger partial charge in [0.05, 0.1) is 42.8 Å². The lowest BCUT2D eigenvalue weighted by atomic mass is 9.88. The summed E-state index contributed by atoms with van der Waals surface area (Å²) in [6.45, 7) is 16.3. The molecule has 58 heavy (non-hydrogen) atoms. The third-order valence-electron chi connectivity index (χ3n) is 11.8. The van der Waals surface area contributed by atoms with Gasteiger partial charge in [-0.15, -0.1) is 45.3 Å². The van der Waals surface area contributed by atoms with Crippen LogP contribution in [-0.4, -0.2) is 67.0 Å². The number of nitrogens with one attached hydrogen (secondary N) is 2. The van der Waals surface area contributed by atoms with Crippen LogP contribution in [0, 0.1) is 0 Å². The van der Waals surface area contributed by atoms with Crippen molar-refractivity contribution in [2.75, 3.05) is 23.7 Å². The molecule has 0 bridgehead atoms. The van der Waals surface area contributed by atoms with Gasteiger partial charge in [0.15, 0.2) is 0 Å². The maximum Gasteiger partial charge on any atom is 0.125 e. The predicted molar refractivity (Wildman–Crippen MR) is 252 cm³/mol. The fraction of sp³-hybridized carbons (Fsp3) is 0.348. The lowest BCUT2D eigenvalue weighted by Crippen LogP contribution is -2.45. The van der Waals surface area contributed by atoms with Crippen LogP contribution in [0.15, 0.2) is 90.2 Å². The van der Waals surface area contributed by atoms with E-state index in [0.717, 1.165) is 56.4 Å². The fourth-order valence-corrected chi connectivity index (χ4v) is 12.6. The number of pyridine rings is 2. The molecule has 10 rings (SSSR count). The molecule has 0 spiro atoms. The van der Waals surface area contributed by atoms with E-state index in [9.17, 15) is 0 Å². The Balaban J connectivity index is 0.000000150. The van der Waals surface area contributed by atoms with Crippen LogP contribution >= 0.6 is 45.3 Å². The number of anilines is 4. The average Bonchev–Trinajstić information content (AvgIpc) is 4.04. The number of benzene rings is 2. The molecule has 0 radical (unpaired) electrons. The molecule has 0 aliphatic carbocycles. The Bertz CT molecular complexity index is 2720. The zero-order valence-corrected chi connectivity index (χ0v) is 37.2. The van der Waals surface area contributed by atoms with E-state index < -0.39 is 0 Å². The van der Waals surface area contributed by atoms with Crippen molar-refractivity contribution >= 4 is 115 Å². The molecule has 8 aromatic rings. The van der Waals surface area contributed by atoms with Crippen molar-refractivity contribution in [3.63, 3.8) is 0 Å². The zero-order valence-electron chi connectivity index (χ0n) is 33.9. The monoisotopic (exact) mass is 842 g/mol. The summed E-state index contributed by atoms with van der Waals surface area (Å²) >= 11 is 7.00. The minimum atomic E-state index is 0.431. The first kappa shape index (κ1) is 39.2. The topological polar surface area (TPSA) is 82.1 Å². The van der Waals surface area contributed by atoms with E-state index in [1.54, 1.807) is 34.0 Å². The highest BCUT2D eigenvalue weighted by molar-refractivity contribution is 7.20. The molecule has 3 atom stereocenters. The van der Waals surface area contributed by atoms with E-state index in [1.165, 1.54) is 54.9 Å². The van der Waals surface area contributed by atoms with Crippen LogP contribution in [0.3, 0.4) is 0 Å². The Labute approximate surface area is 356 Å². The van der Waals surface area contributed by atoms with Crippen molar-refractivity contribution in [1.82, 2.24) is 29.7 Å². The molecule has 8 heterocycles. The normalized spacial score (nSPS) is 19.3. The minimum absolute atomic E-state index is 0.431. The number of piperidine rings is 1. The molecule has 298 valence electrons. The zero-order chi connectivity index (χ0) is 39.9. The Kier molecular flexibility index (Phi) is 11.3. The fourth-order valence-electron chi connectivity index (χ4n) is 8.82. The highest BCUT2D eigenvalue weighted by atomic mass is 32.1. The van der Waals surface area contributed by atoms with E-state index in [0.29, 0.717) is 30.1 Å². The lowest BCUT2D eigenvalue weighted by Gasteiger charge is -2.41. The van der Waals surface area contributed by atoms with E-state index in [-0.39, 0.29) is 0 Å². The molecule has 1 saturated heterocycles. The summed E-state index contributed by atoms with van der Waals surface area (Å²) < 4.78 is 2.43. The number of likely N-dealkylation sites (tertiary alicyclic amines) is 1. The van der Waals surface area contributed by atoms with Gasteiger partial charge in [0.2, 0.25) is 0 Å². The van der Waals surface area contributed by atoms with Crippen molar-refractivity contribution in [1.29, 1.82) is 0 Å². The second-order valence-electron chi connectivity index (χ2n) is 16.0. The van der Waals surface area contributed by atoms with Crippen molar-refractivity contribution in [3.05, 3.63) is 99.9 Å². The quantitative estimate of drug-likeness (QED) is 0.157. The molecule has 8 nitrogen and oxygen atoms in total. The van der Waals surface area contributed by atoms with Crippen LogP contribution in [0.4, 0.5) is 22.7 Å². The molecule has 1 fully saturated rings. The van der Waals surface area contributed by atoms with Gasteiger partial charge in [0, 0.05) is 80.9 Å². The molecule has 0 amide bonds. The number of rotatable bonds is 8. The number of hydrogen-bond acceptors (Lipinski definition) is 12. The molecule has 12 heteroatoms. The molecular weight excluding hydrogens is 793 g/mol. The third-order valence-corrected chi connectivity index (χ3v) is 15.7. The van der Waals surface area contributed by atoms with Crippen LogP contribution in [0.2, 0.25) is 0 Å². The summed E-state index contributed by atoms with van der Waals surface area (Å²) in [6, 6.07) is 23.7. The predicted octanol–water partition coefficient (Wildman–Crippen LogP) is 13.2. The smallest absolute Gasteiger partial charge is 0.125 e. The third kappa shape index (κ3) is 7.90. The Morgan fingerprint density at radius 1 is 0.672 bits per heavy atom. The van der Waals surface area contributed by atoms with Gasteiger partial charge in [-0.2, -0.15) is 0 Å². The molecule has 3 unspecified atom stereocenters. The molecule has 0 saturated carbocycles. The summed E-state index contributed by atoms with van der Waals surface area (Å²) in [4.78, 5) is 28.4. The van der Waals surface area contributed by atoms with E-state index in [4.69, 9.17) is 0 Å². The molecule has 2 N–H and O–H groups in total. The maximum atomic E-state index is 4.67. The van der Waals surface area contributed by atoms with Gasteiger partial charge >= 0.3 is 0 Å². The molecule has 2 aliphatic rings. The Morgan fingerprint density at radius 2 is 1.28 bits per heavy atom. The van der Waals surface area contributed by atoms with Gasteiger partial charge in [-0.1, -0.05) is 6.08 Å². The van der Waals surface area contributed by atoms with Crippen LogP contribution in [0.5, 0.6) is 0 Å². The van der Waals surface area contributed by atoms with Crippen LogP contribution in [0.25, 0.3) is 46.4 Å². The minimum Gasteiger partial charge on any atom is -0.355 e. The first-order chi connectivity index (χ1) is 28.2. The van der Waals surface area contributed by atoms with Gasteiger partial charge in [-0.05, 0) is 134 Å². The van der Waals surface area contributed by atoms with Crippen molar-refractivity contribution in [3.8, 4) is 0 Å². The van der Waals surface area contributed by atoms with Gasteiger partial charge in [0.1, 0.15) is 9.66 Å². The summed E-state index contributed by atoms with van der Waals surface area (Å²) in [5.74, 6) is 0.588.